The van der Waals surface area contributed by atoms with Gasteiger partial charge in [-0.25, -0.2) is 4.68 Å². The van der Waals surface area contributed by atoms with Crippen LogP contribution in [0.25, 0.3) is 0 Å². The largest absolute Gasteiger partial charge is 0.497 e. The van der Waals surface area contributed by atoms with Crippen LogP contribution >= 0.6 is 11.6 Å². The molecular formula is C21H21ClN4O2. The van der Waals surface area contributed by atoms with Gasteiger partial charge in [-0.2, -0.15) is 10.1 Å². The number of methoxy groups -OCH3 is 1. The highest BCUT2D eigenvalue weighted by Gasteiger charge is 2.38. The summed E-state index contributed by atoms with van der Waals surface area (Å²) in [4.78, 5) is 19.0. The summed E-state index contributed by atoms with van der Waals surface area (Å²) >= 11 is 6.07. The van der Waals surface area contributed by atoms with Crippen LogP contribution in [0.1, 0.15) is 43.0 Å². The number of nitrogens with zero attached hydrogens (tertiary/aromatic N) is 4. The molecule has 0 aliphatic carbocycles. The maximum Gasteiger partial charge on any atom is 0.231 e. The van der Waals surface area contributed by atoms with Crippen LogP contribution in [-0.4, -0.2) is 27.8 Å². The standard InChI is InChI=1S/C21H21ClN4O2/c1-3-20(27)25-18(14-6-10-17(28-2)11-7-14)12-19(26-21(25)23-13-24-26)15-4-8-16(22)9-5-15/h4-11,13,18-19H,3,12H2,1-2H3/t18-,19-/m1/s1. The molecule has 6 nitrogen and oxygen atoms in total. The Bertz CT molecular complexity index is 969. The molecule has 1 aromatic heterocycles. The van der Waals surface area contributed by atoms with E-state index >= 15 is 0 Å². The van der Waals surface area contributed by atoms with Gasteiger partial charge < -0.3 is 4.74 Å². The molecule has 2 atom stereocenters. The highest BCUT2D eigenvalue weighted by Crippen LogP contribution is 2.42. The zero-order chi connectivity index (χ0) is 19.7. The molecule has 3 aromatic rings. The molecule has 0 spiro atoms. The molecule has 2 heterocycles. The molecule has 1 amide bonds. The van der Waals surface area contributed by atoms with E-state index in [9.17, 15) is 4.79 Å². The van der Waals surface area contributed by atoms with Crippen LogP contribution in [0.5, 0.6) is 5.75 Å². The zero-order valence-corrected chi connectivity index (χ0v) is 16.5. The lowest BCUT2D eigenvalue weighted by Crippen LogP contribution is -2.42. The number of ether oxygens (including phenoxy) is 1. The number of carbonyl (C=O) groups excluding carboxylic acids is 1. The Morgan fingerprint density at radius 1 is 1.11 bits per heavy atom. The van der Waals surface area contributed by atoms with Gasteiger partial charge >= 0.3 is 0 Å². The van der Waals surface area contributed by atoms with E-state index < -0.39 is 0 Å². The van der Waals surface area contributed by atoms with Crippen molar-refractivity contribution >= 4 is 23.5 Å². The first-order valence-electron chi connectivity index (χ1n) is 9.23. The zero-order valence-electron chi connectivity index (χ0n) is 15.7. The molecule has 0 fully saturated rings. The second-order valence-electron chi connectivity index (χ2n) is 6.71. The van der Waals surface area contributed by atoms with Gasteiger partial charge in [-0.3, -0.25) is 9.69 Å². The monoisotopic (exact) mass is 396 g/mol. The van der Waals surface area contributed by atoms with E-state index in [0.29, 0.717) is 23.8 Å². The summed E-state index contributed by atoms with van der Waals surface area (Å²) < 4.78 is 7.11. The third-order valence-corrected chi connectivity index (χ3v) is 5.40. The number of hydrogen-bond acceptors (Lipinski definition) is 4. The number of aromatic nitrogens is 3. The van der Waals surface area contributed by atoms with E-state index in [2.05, 4.69) is 10.1 Å². The highest BCUT2D eigenvalue weighted by molar-refractivity contribution is 6.30. The molecule has 1 aliphatic heterocycles. The van der Waals surface area contributed by atoms with Gasteiger partial charge in [0.25, 0.3) is 0 Å². The Morgan fingerprint density at radius 2 is 1.75 bits per heavy atom. The lowest BCUT2D eigenvalue weighted by Gasteiger charge is -2.39. The van der Waals surface area contributed by atoms with Crippen molar-refractivity contribution < 1.29 is 9.53 Å². The summed E-state index contributed by atoms with van der Waals surface area (Å²) in [6.07, 6.45) is 2.59. The van der Waals surface area contributed by atoms with Crippen molar-refractivity contribution in [3.8, 4) is 5.75 Å². The molecular weight excluding hydrogens is 376 g/mol. The lowest BCUT2D eigenvalue weighted by atomic mass is 9.91. The fraction of sp³-hybridized carbons (Fsp3) is 0.286. The van der Waals surface area contributed by atoms with E-state index in [1.807, 2.05) is 60.1 Å². The average Bonchev–Trinajstić information content (AvgIpc) is 3.22. The van der Waals surface area contributed by atoms with E-state index in [4.69, 9.17) is 16.3 Å². The molecule has 0 unspecified atom stereocenters. The smallest absolute Gasteiger partial charge is 0.231 e. The van der Waals surface area contributed by atoms with Crippen molar-refractivity contribution in [3.05, 3.63) is 71.0 Å². The number of anilines is 1. The number of halogens is 1. The SMILES string of the molecule is CCC(=O)N1c2ncnn2[C@@H](c2ccc(Cl)cc2)C[C@@H]1c1ccc(OC)cc1. The highest BCUT2D eigenvalue weighted by atomic mass is 35.5. The maximum atomic E-state index is 12.8. The number of amides is 1. The summed E-state index contributed by atoms with van der Waals surface area (Å²) in [5.41, 5.74) is 2.12. The Labute approximate surface area is 168 Å². The number of benzene rings is 2. The van der Waals surface area contributed by atoms with Gasteiger partial charge in [0.1, 0.15) is 12.1 Å². The van der Waals surface area contributed by atoms with Crippen LogP contribution in [0, 0.1) is 0 Å². The van der Waals surface area contributed by atoms with Gasteiger partial charge in [0.05, 0.1) is 19.2 Å². The van der Waals surface area contributed by atoms with E-state index in [1.165, 1.54) is 6.33 Å². The number of fused-ring (bicyclic) bond motifs is 1. The molecule has 28 heavy (non-hydrogen) atoms. The van der Waals surface area contributed by atoms with Gasteiger partial charge in [-0.05, 0) is 41.8 Å². The third-order valence-electron chi connectivity index (χ3n) is 5.15. The summed E-state index contributed by atoms with van der Waals surface area (Å²) in [5, 5.41) is 5.11. The van der Waals surface area contributed by atoms with Crippen LogP contribution < -0.4 is 9.64 Å². The molecule has 144 valence electrons. The summed E-state index contributed by atoms with van der Waals surface area (Å²) in [6.45, 7) is 1.86. The first kappa shape index (κ1) is 18.5. The first-order valence-corrected chi connectivity index (χ1v) is 9.61. The molecule has 0 saturated heterocycles. The van der Waals surface area contributed by atoms with Crippen LogP contribution in [0.3, 0.4) is 0 Å². The molecule has 0 radical (unpaired) electrons. The van der Waals surface area contributed by atoms with Crippen LogP contribution in [0.15, 0.2) is 54.9 Å². The number of carbonyl (C=O) groups is 1. The van der Waals surface area contributed by atoms with Crippen molar-refractivity contribution in [3.63, 3.8) is 0 Å². The van der Waals surface area contributed by atoms with Crippen molar-refractivity contribution in [2.75, 3.05) is 12.0 Å². The minimum absolute atomic E-state index is 0.0182. The third kappa shape index (κ3) is 3.24. The van der Waals surface area contributed by atoms with Crippen molar-refractivity contribution in [2.24, 2.45) is 0 Å². The molecule has 1 aliphatic rings. The van der Waals surface area contributed by atoms with Gasteiger partial charge in [-0.1, -0.05) is 42.8 Å². The molecule has 0 N–H and O–H groups in total. The topological polar surface area (TPSA) is 60.2 Å². The summed E-state index contributed by atoms with van der Waals surface area (Å²) in [5.74, 6) is 1.37. The van der Waals surface area contributed by atoms with Crippen molar-refractivity contribution in [1.82, 2.24) is 14.8 Å². The Morgan fingerprint density at radius 3 is 2.39 bits per heavy atom. The Kier molecular flexibility index (Phi) is 5.05. The fourth-order valence-electron chi connectivity index (χ4n) is 3.72. The van der Waals surface area contributed by atoms with Gasteiger partial charge in [0, 0.05) is 11.4 Å². The predicted molar refractivity (Wildman–Crippen MR) is 108 cm³/mol. The minimum Gasteiger partial charge on any atom is -0.497 e. The second kappa shape index (κ2) is 7.64. The van der Waals surface area contributed by atoms with Crippen molar-refractivity contribution in [2.45, 2.75) is 31.8 Å². The van der Waals surface area contributed by atoms with E-state index in [-0.39, 0.29) is 18.0 Å². The van der Waals surface area contributed by atoms with E-state index in [0.717, 1.165) is 16.9 Å². The normalized spacial score (nSPS) is 18.6. The Balaban J connectivity index is 1.81. The minimum atomic E-state index is -0.143. The number of hydrogen-bond donors (Lipinski definition) is 0. The van der Waals surface area contributed by atoms with Gasteiger partial charge in [0.2, 0.25) is 11.9 Å². The summed E-state index contributed by atoms with van der Waals surface area (Å²) in [6, 6.07) is 15.4. The quantitative estimate of drug-likeness (QED) is 0.655. The lowest BCUT2D eigenvalue weighted by molar-refractivity contribution is -0.119. The first-order chi connectivity index (χ1) is 13.6. The van der Waals surface area contributed by atoms with Gasteiger partial charge in [-0.15, -0.1) is 0 Å². The molecule has 0 bridgehead atoms. The Hall–Kier alpha value is -2.86. The number of rotatable bonds is 4. The maximum absolute atomic E-state index is 12.8. The molecule has 0 saturated carbocycles. The van der Waals surface area contributed by atoms with Gasteiger partial charge in [0.15, 0.2) is 0 Å². The van der Waals surface area contributed by atoms with Crippen LogP contribution in [0.2, 0.25) is 5.02 Å². The van der Waals surface area contributed by atoms with Crippen LogP contribution in [-0.2, 0) is 4.79 Å². The average molecular weight is 397 g/mol. The molecule has 2 aromatic carbocycles. The predicted octanol–water partition coefficient (Wildman–Crippen LogP) is 4.42. The van der Waals surface area contributed by atoms with E-state index in [1.54, 1.807) is 12.0 Å². The van der Waals surface area contributed by atoms with Crippen molar-refractivity contribution in [1.29, 1.82) is 0 Å². The fourth-order valence-corrected chi connectivity index (χ4v) is 3.85. The molecule has 4 rings (SSSR count). The second-order valence-corrected chi connectivity index (χ2v) is 7.15. The molecule has 7 heteroatoms. The summed E-state index contributed by atoms with van der Waals surface area (Å²) in [7, 11) is 1.64. The van der Waals surface area contributed by atoms with Crippen LogP contribution in [0.4, 0.5) is 5.95 Å².